The van der Waals surface area contributed by atoms with Crippen molar-refractivity contribution in [3.05, 3.63) is 12.2 Å². The SMILES string of the molecule is CC=CC(=O)OCCCOP(=O)(O)OCC[N+](CCCC)(CCCC)CCCC. The summed E-state index contributed by atoms with van der Waals surface area (Å²) in [6, 6.07) is 0. The number of hydrogen-bond acceptors (Lipinski definition) is 5. The number of allylic oxidation sites excluding steroid dienone is 1. The van der Waals surface area contributed by atoms with Crippen molar-refractivity contribution >= 4 is 13.8 Å². The lowest BCUT2D eigenvalue weighted by molar-refractivity contribution is -0.928. The third-order valence-electron chi connectivity index (χ3n) is 4.87. The molecule has 0 aromatic heterocycles. The average molecular weight is 437 g/mol. The minimum absolute atomic E-state index is 0.00159. The fourth-order valence-corrected chi connectivity index (χ4v) is 3.88. The monoisotopic (exact) mass is 436 g/mol. The van der Waals surface area contributed by atoms with E-state index in [2.05, 4.69) is 20.8 Å². The predicted molar refractivity (Wildman–Crippen MR) is 117 cm³/mol. The van der Waals surface area contributed by atoms with Gasteiger partial charge >= 0.3 is 13.8 Å². The van der Waals surface area contributed by atoms with E-state index in [0.29, 0.717) is 6.42 Å². The largest absolute Gasteiger partial charge is 0.472 e. The van der Waals surface area contributed by atoms with Crippen molar-refractivity contribution in [2.75, 3.05) is 46.0 Å². The topological polar surface area (TPSA) is 82.1 Å². The molecule has 0 aliphatic heterocycles. The zero-order valence-corrected chi connectivity index (χ0v) is 19.8. The molecule has 0 aliphatic rings. The van der Waals surface area contributed by atoms with Crippen LogP contribution in [0.2, 0.25) is 0 Å². The molecule has 0 heterocycles. The van der Waals surface area contributed by atoms with Gasteiger partial charge < -0.3 is 14.1 Å². The van der Waals surface area contributed by atoms with Crippen molar-refractivity contribution < 1.29 is 32.5 Å². The smallest absolute Gasteiger partial charge is 0.462 e. The first-order valence-corrected chi connectivity index (χ1v) is 12.6. The predicted octanol–water partition coefficient (Wildman–Crippen LogP) is 4.85. The molecule has 29 heavy (non-hydrogen) atoms. The van der Waals surface area contributed by atoms with E-state index in [0.717, 1.165) is 69.2 Å². The molecule has 0 aromatic carbocycles. The van der Waals surface area contributed by atoms with Gasteiger partial charge in [0.1, 0.15) is 13.2 Å². The molecule has 0 aliphatic carbocycles. The summed E-state index contributed by atoms with van der Waals surface area (Å²) in [7, 11) is -4.10. The van der Waals surface area contributed by atoms with Gasteiger partial charge in [-0.25, -0.2) is 9.36 Å². The van der Waals surface area contributed by atoms with Crippen LogP contribution < -0.4 is 0 Å². The van der Waals surface area contributed by atoms with E-state index >= 15 is 0 Å². The molecule has 0 spiro atoms. The molecule has 1 N–H and O–H groups in total. The van der Waals surface area contributed by atoms with Gasteiger partial charge in [0.25, 0.3) is 0 Å². The summed E-state index contributed by atoms with van der Waals surface area (Å²) in [6.45, 7) is 12.6. The fraction of sp³-hybridized carbons (Fsp3) is 0.857. The molecule has 0 rings (SSSR count). The number of phosphoric ester groups is 1. The van der Waals surface area contributed by atoms with E-state index in [1.165, 1.54) is 6.08 Å². The van der Waals surface area contributed by atoms with Crippen molar-refractivity contribution in [2.24, 2.45) is 0 Å². The number of carbonyl (C=O) groups is 1. The second-order valence-electron chi connectivity index (χ2n) is 7.45. The molecular formula is C21H43NO6P+. The Morgan fingerprint density at radius 2 is 1.38 bits per heavy atom. The maximum absolute atomic E-state index is 12.1. The van der Waals surface area contributed by atoms with Crippen LogP contribution in [0.1, 0.15) is 72.6 Å². The Kier molecular flexibility index (Phi) is 16.6. The van der Waals surface area contributed by atoms with Crippen LogP contribution in [0.3, 0.4) is 0 Å². The molecule has 0 radical (unpaired) electrons. The Balaban J connectivity index is 4.47. The van der Waals surface area contributed by atoms with Crippen LogP contribution in [0, 0.1) is 0 Å². The first-order chi connectivity index (χ1) is 13.8. The molecule has 1 atom stereocenters. The highest BCUT2D eigenvalue weighted by atomic mass is 31.2. The lowest BCUT2D eigenvalue weighted by Crippen LogP contribution is -2.52. The molecule has 0 amide bonds. The Morgan fingerprint density at radius 3 is 1.86 bits per heavy atom. The first-order valence-electron chi connectivity index (χ1n) is 11.1. The van der Waals surface area contributed by atoms with E-state index in [4.69, 9.17) is 13.8 Å². The Labute approximate surface area is 177 Å². The molecule has 0 saturated carbocycles. The van der Waals surface area contributed by atoms with E-state index in [1.807, 2.05) is 0 Å². The normalized spacial score (nSPS) is 14.2. The van der Waals surface area contributed by atoms with Crippen molar-refractivity contribution in [3.8, 4) is 0 Å². The standard InChI is InChI=1S/C21H42NO6P/c1-5-9-14-22(15-10-6-2,16-11-7-3)17-20-28-29(24,25)27-19-12-18-26-21(23)13-8-4/h8,13H,5-7,9-12,14-20H2,1-4H3/p+1. The molecule has 0 aromatic rings. The quantitative estimate of drug-likeness (QED) is 0.103. The number of rotatable bonds is 19. The van der Waals surface area contributed by atoms with E-state index in [9.17, 15) is 14.3 Å². The number of esters is 1. The van der Waals surface area contributed by atoms with Crippen LogP contribution in [0.25, 0.3) is 0 Å². The Hall–Kier alpha value is -0.720. The molecule has 172 valence electrons. The summed E-state index contributed by atoms with van der Waals surface area (Å²) in [6.07, 6.45) is 10.1. The minimum Gasteiger partial charge on any atom is -0.462 e. The fourth-order valence-electron chi connectivity index (χ4n) is 3.13. The molecule has 0 saturated heterocycles. The summed E-state index contributed by atoms with van der Waals surface area (Å²) in [4.78, 5) is 21.1. The number of carbonyl (C=O) groups excluding carboxylic acids is 1. The number of ether oxygens (including phenoxy) is 1. The molecular weight excluding hydrogens is 393 g/mol. The maximum Gasteiger partial charge on any atom is 0.472 e. The minimum atomic E-state index is -4.10. The lowest BCUT2D eigenvalue weighted by atomic mass is 10.1. The van der Waals surface area contributed by atoms with Crippen LogP contribution in [-0.4, -0.2) is 61.3 Å². The van der Waals surface area contributed by atoms with Gasteiger partial charge in [0, 0.05) is 12.5 Å². The third-order valence-corrected chi connectivity index (χ3v) is 5.89. The number of phosphoric acid groups is 1. The van der Waals surface area contributed by atoms with Gasteiger partial charge in [0.05, 0.1) is 32.8 Å². The van der Waals surface area contributed by atoms with Gasteiger partial charge in [-0.1, -0.05) is 46.1 Å². The lowest BCUT2D eigenvalue weighted by Gasteiger charge is -2.39. The van der Waals surface area contributed by atoms with Crippen LogP contribution >= 0.6 is 7.82 Å². The van der Waals surface area contributed by atoms with Gasteiger partial charge in [-0.2, -0.15) is 0 Å². The second kappa shape index (κ2) is 17.0. The molecule has 8 heteroatoms. The van der Waals surface area contributed by atoms with Crippen molar-refractivity contribution in [1.82, 2.24) is 0 Å². The van der Waals surface area contributed by atoms with Gasteiger partial charge in [-0.15, -0.1) is 0 Å². The zero-order valence-electron chi connectivity index (χ0n) is 18.9. The highest BCUT2D eigenvalue weighted by Gasteiger charge is 2.28. The van der Waals surface area contributed by atoms with E-state index in [-0.39, 0.29) is 19.8 Å². The van der Waals surface area contributed by atoms with Crippen LogP contribution in [-0.2, 0) is 23.1 Å². The van der Waals surface area contributed by atoms with Crippen molar-refractivity contribution in [2.45, 2.75) is 72.6 Å². The Bertz CT molecular complexity index is 476. The highest BCUT2D eigenvalue weighted by Crippen LogP contribution is 2.43. The molecule has 1 unspecified atom stereocenters. The first kappa shape index (κ1) is 28.3. The van der Waals surface area contributed by atoms with Gasteiger partial charge in [0.15, 0.2) is 0 Å². The maximum atomic E-state index is 12.1. The van der Waals surface area contributed by atoms with Crippen molar-refractivity contribution in [1.29, 1.82) is 0 Å². The number of nitrogens with zero attached hydrogens (tertiary/aromatic N) is 1. The Morgan fingerprint density at radius 1 is 0.862 bits per heavy atom. The summed E-state index contributed by atoms with van der Waals surface area (Å²) in [5.41, 5.74) is 0. The highest BCUT2D eigenvalue weighted by molar-refractivity contribution is 7.47. The number of unbranched alkanes of at least 4 members (excludes halogenated alkanes) is 3. The van der Waals surface area contributed by atoms with Crippen LogP contribution in [0.4, 0.5) is 0 Å². The molecule has 7 nitrogen and oxygen atoms in total. The van der Waals surface area contributed by atoms with Gasteiger partial charge in [-0.05, 0) is 26.2 Å². The van der Waals surface area contributed by atoms with Crippen molar-refractivity contribution in [3.63, 3.8) is 0 Å². The summed E-state index contributed by atoms with van der Waals surface area (Å²) >= 11 is 0. The molecule has 0 fully saturated rings. The van der Waals surface area contributed by atoms with Crippen LogP contribution in [0.5, 0.6) is 0 Å². The van der Waals surface area contributed by atoms with Gasteiger partial charge in [-0.3, -0.25) is 9.05 Å². The van der Waals surface area contributed by atoms with Crippen LogP contribution in [0.15, 0.2) is 12.2 Å². The second-order valence-corrected chi connectivity index (χ2v) is 8.91. The zero-order chi connectivity index (χ0) is 22.0. The third kappa shape index (κ3) is 14.8. The van der Waals surface area contributed by atoms with E-state index in [1.54, 1.807) is 13.0 Å². The molecule has 0 bridgehead atoms. The summed E-state index contributed by atoms with van der Waals surface area (Å²) < 4.78 is 28.2. The average Bonchev–Trinajstić information content (AvgIpc) is 2.68. The number of quaternary nitrogens is 1. The van der Waals surface area contributed by atoms with E-state index < -0.39 is 13.8 Å². The number of hydrogen-bond donors (Lipinski definition) is 1. The summed E-state index contributed by atoms with van der Waals surface area (Å²) in [5, 5.41) is 0. The summed E-state index contributed by atoms with van der Waals surface area (Å²) in [5.74, 6) is -0.434. The van der Waals surface area contributed by atoms with Gasteiger partial charge in [0.2, 0.25) is 0 Å².